The SMILES string of the molecule is CNC(Cc1sccc1Br)c1ccc(F)cc1C. The molecule has 0 bridgehead atoms. The Balaban J connectivity index is 2.26. The number of benzene rings is 1. The molecule has 1 unspecified atom stereocenters. The highest BCUT2D eigenvalue weighted by Crippen LogP contribution is 2.29. The number of aryl methyl sites for hydroxylation is 1. The summed E-state index contributed by atoms with van der Waals surface area (Å²) in [6, 6.07) is 7.25. The third kappa shape index (κ3) is 2.99. The van der Waals surface area contributed by atoms with Crippen molar-refractivity contribution in [3.05, 3.63) is 55.9 Å². The van der Waals surface area contributed by atoms with Gasteiger partial charge in [-0.1, -0.05) is 6.07 Å². The number of nitrogens with one attached hydrogen (secondary N) is 1. The molecule has 1 aromatic carbocycles. The van der Waals surface area contributed by atoms with E-state index in [-0.39, 0.29) is 11.9 Å². The van der Waals surface area contributed by atoms with E-state index in [9.17, 15) is 4.39 Å². The van der Waals surface area contributed by atoms with Gasteiger partial charge in [0.25, 0.3) is 0 Å². The molecule has 0 spiro atoms. The molecule has 0 aliphatic rings. The molecule has 1 aromatic heterocycles. The molecule has 1 atom stereocenters. The summed E-state index contributed by atoms with van der Waals surface area (Å²) in [5.74, 6) is -0.177. The minimum atomic E-state index is -0.177. The maximum absolute atomic E-state index is 13.1. The highest BCUT2D eigenvalue weighted by molar-refractivity contribution is 9.10. The first-order valence-corrected chi connectivity index (χ1v) is 7.44. The van der Waals surface area contributed by atoms with Crippen LogP contribution in [0.25, 0.3) is 0 Å². The second-order valence-corrected chi connectivity index (χ2v) is 6.09. The van der Waals surface area contributed by atoms with E-state index in [1.165, 1.54) is 10.9 Å². The zero-order chi connectivity index (χ0) is 13.1. The zero-order valence-electron chi connectivity index (χ0n) is 10.3. The number of hydrogen-bond donors (Lipinski definition) is 1. The third-order valence-electron chi connectivity index (χ3n) is 3.04. The Morgan fingerprint density at radius 1 is 1.39 bits per heavy atom. The van der Waals surface area contributed by atoms with Crippen molar-refractivity contribution in [1.82, 2.24) is 5.32 Å². The highest BCUT2D eigenvalue weighted by atomic mass is 79.9. The molecule has 0 fully saturated rings. The molecule has 0 aliphatic carbocycles. The molecule has 96 valence electrons. The van der Waals surface area contributed by atoms with Crippen molar-refractivity contribution in [3.8, 4) is 0 Å². The van der Waals surface area contributed by atoms with Crippen LogP contribution in [0.3, 0.4) is 0 Å². The van der Waals surface area contributed by atoms with Gasteiger partial charge >= 0.3 is 0 Å². The topological polar surface area (TPSA) is 12.0 Å². The van der Waals surface area contributed by atoms with Crippen LogP contribution >= 0.6 is 27.3 Å². The molecule has 1 heterocycles. The summed E-state index contributed by atoms with van der Waals surface area (Å²) in [5.41, 5.74) is 2.14. The van der Waals surface area contributed by atoms with Crippen LogP contribution in [-0.4, -0.2) is 7.05 Å². The molecule has 0 saturated carbocycles. The summed E-state index contributed by atoms with van der Waals surface area (Å²) in [7, 11) is 1.94. The summed E-state index contributed by atoms with van der Waals surface area (Å²) in [6.45, 7) is 1.95. The van der Waals surface area contributed by atoms with Crippen LogP contribution < -0.4 is 5.32 Å². The van der Waals surface area contributed by atoms with Crippen LogP contribution in [-0.2, 0) is 6.42 Å². The number of rotatable bonds is 4. The number of likely N-dealkylation sites (N-methyl/N-ethyl adjacent to an activating group) is 1. The van der Waals surface area contributed by atoms with Gasteiger partial charge < -0.3 is 5.32 Å². The van der Waals surface area contributed by atoms with Crippen LogP contribution in [0.1, 0.15) is 22.0 Å². The Hall–Kier alpha value is -0.710. The molecule has 0 saturated heterocycles. The molecule has 0 amide bonds. The molecule has 2 rings (SSSR count). The first-order chi connectivity index (χ1) is 8.61. The van der Waals surface area contributed by atoms with Crippen molar-refractivity contribution in [2.24, 2.45) is 0 Å². The van der Waals surface area contributed by atoms with E-state index in [1.54, 1.807) is 17.4 Å². The Bertz CT molecular complexity index is 538. The summed E-state index contributed by atoms with van der Waals surface area (Å²) in [4.78, 5) is 1.30. The van der Waals surface area contributed by atoms with Crippen molar-refractivity contribution >= 4 is 27.3 Å². The summed E-state index contributed by atoms with van der Waals surface area (Å²) < 4.78 is 14.3. The van der Waals surface area contributed by atoms with Crippen LogP contribution in [0, 0.1) is 12.7 Å². The third-order valence-corrected chi connectivity index (χ3v) is 4.98. The Morgan fingerprint density at radius 2 is 2.17 bits per heavy atom. The summed E-state index contributed by atoms with van der Waals surface area (Å²) in [6.07, 6.45) is 0.904. The van der Waals surface area contributed by atoms with E-state index in [2.05, 4.69) is 32.7 Å². The molecule has 0 radical (unpaired) electrons. The standard InChI is InChI=1S/C14H15BrFNS/c1-9-7-10(16)3-4-11(9)13(17-2)8-14-12(15)5-6-18-14/h3-7,13,17H,8H2,1-2H3. The van der Waals surface area contributed by atoms with E-state index >= 15 is 0 Å². The summed E-state index contributed by atoms with van der Waals surface area (Å²) in [5, 5.41) is 5.38. The predicted molar refractivity (Wildman–Crippen MR) is 78.7 cm³/mol. The van der Waals surface area contributed by atoms with Crippen molar-refractivity contribution < 1.29 is 4.39 Å². The van der Waals surface area contributed by atoms with Crippen molar-refractivity contribution in [1.29, 1.82) is 0 Å². The van der Waals surface area contributed by atoms with Gasteiger partial charge in [-0.3, -0.25) is 0 Å². The monoisotopic (exact) mass is 327 g/mol. The van der Waals surface area contributed by atoms with Crippen LogP contribution in [0.15, 0.2) is 34.1 Å². The van der Waals surface area contributed by atoms with E-state index in [0.717, 1.165) is 22.0 Å². The summed E-state index contributed by atoms with van der Waals surface area (Å²) >= 11 is 5.29. The second-order valence-electron chi connectivity index (χ2n) is 4.24. The van der Waals surface area contributed by atoms with Gasteiger partial charge in [0.1, 0.15) is 5.82 Å². The maximum atomic E-state index is 13.1. The van der Waals surface area contributed by atoms with E-state index in [1.807, 2.05) is 20.0 Å². The molecule has 1 nitrogen and oxygen atoms in total. The Morgan fingerprint density at radius 3 is 2.72 bits per heavy atom. The lowest BCUT2D eigenvalue weighted by atomic mass is 9.98. The molecular weight excluding hydrogens is 313 g/mol. The molecule has 1 N–H and O–H groups in total. The number of thiophene rings is 1. The lowest BCUT2D eigenvalue weighted by Gasteiger charge is -2.18. The minimum Gasteiger partial charge on any atom is -0.313 e. The Kier molecular flexibility index (Phi) is 4.54. The normalized spacial score (nSPS) is 12.7. The first-order valence-electron chi connectivity index (χ1n) is 5.77. The van der Waals surface area contributed by atoms with Crippen LogP contribution in [0.5, 0.6) is 0 Å². The quantitative estimate of drug-likeness (QED) is 0.874. The number of halogens is 2. The number of hydrogen-bond acceptors (Lipinski definition) is 2. The first kappa shape index (κ1) is 13.7. The molecule has 4 heteroatoms. The van der Waals surface area contributed by atoms with Gasteiger partial charge in [-0.05, 0) is 64.6 Å². The fourth-order valence-electron chi connectivity index (χ4n) is 2.05. The lowest BCUT2D eigenvalue weighted by Crippen LogP contribution is -2.19. The van der Waals surface area contributed by atoms with Gasteiger partial charge in [0.2, 0.25) is 0 Å². The Labute approximate surface area is 119 Å². The van der Waals surface area contributed by atoms with Gasteiger partial charge in [0.15, 0.2) is 0 Å². The fourth-order valence-corrected chi connectivity index (χ4v) is 3.62. The molecule has 2 aromatic rings. The van der Waals surface area contributed by atoms with Gasteiger partial charge in [-0.2, -0.15) is 0 Å². The van der Waals surface area contributed by atoms with E-state index in [0.29, 0.717) is 0 Å². The lowest BCUT2D eigenvalue weighted by molar-refractivity contribution is 0.585. The van der Waals surface area contributed by atoms with Crippen molar-refractivity contribution in [2.75, 3.05) is 7.05 Å². The van der Waals surface area contributed by atoms with Gasteiger partial charge in [0.05, 0.1) is 0 Å². The average molecular weight is 328 g/mol. The minimum absolute atomic E-state index is 0.177. The predicted octanol–water partition coefficient (Wildman–Crippen LogP) is 4.46. The fraction of sp³-hybridized carbons (Fsp3) is 0.286. The maximum Gasteiger partial charge on any atom is 0.123 e. The van der Waals surface area contributed by atoms with Gasteiger partial charge in [-0.25, -0.2) is 4.39 Å². The van der Waals surface area contributed by atoms with Gasteiger partial charge in [0, 0.05) is 21.8 Å². The zero-order valence-corrected chi connectivity index (χ0v) is 12.7. The molecule has 18 heavy (non-hydrogen) atoms. The second kappa shape index (κ2) is 5.95. The molecular formula is C14H15BrFNS. The van der Waals surface area contributed by atoms with Crippen molar-refractivity contribution in [2.45, 2.75) is 19.4 Å². The molecule has 0 aliphatic heterocycles. The highest BCUT2D eigenvalue weighted by Gasteiger charge is 2.15. The van der Waals surface area contributed by atoms with E-state index < -0.39 is 0 Å². The van der Waals surface area contributed by atoms with E-state index in [4.69, 9.17) is 0 Å². The van der Waals surface area contributed by atoms with Gasteiger partial charge in [-0.15, -0.1) is 11.3 Å². The average Bonchev–Trinajstić information content (AvgIpc) is 2.73. The smallest absolute Gasteiger partial charge is 0.123 e. The van der Waals surface area contributed by atoms with Crippen LogP contribution in [0.2, 0.25) is 0 Å². The van der Waals surface area contributed by atoms with Crippen molar-refractivity contribution in [3.63, 3.8) is 0 Å². The van der Waals surface area contributed by atoms with Crippen LogP contribution in [0.4, 0.5) is 4.39 Å². The largest absolute Gasteiger partial charge is 0.313 e.